The minimum atomic E-state index is -0.337. The molecule has 6 nitrogen and oxygen atoms in total. The summed E-state index contributed by atoms with van der Waals surface area (Å²) in [5.74, 6) is 0.00985. The van der Waals surface area contributed by atoms with Gasteiger partial charge in [-0.15, -0.1) is 10.2 Å². The monoisotopic (exact) mass is 381 g/mol. The summed E-state index contributed by atoms with van der Waals surface area (Å²) in [5, 5.41) is 16.0. The number of rotatable bonds is 4. The highest BCUT2D eigenvalue weighted by Crippen LogP contribution is 2.24. The average molecular weight is 383 g/mol. The van der Waals surface area contributed by atoms with E-state index in [9.17, 15) is 4.79 Å². The molecule has 0 saturated heterocycles. The van der Waals surface area contributed by atoms with Crippen molar-refractivity contribution < 1.29 is 4.79 Å². The van der Waals surface area contributed by atoms with E-state index in [0.29, 0.717) is 32.1 Å². The number of amides is 1. The normalized spacial score (nSPS) is 10.6. The molecule has 1 amide bonds. The van der Waals surface area contributed by atoms with Gasteiger partial charge < -0.3 is 5.32 Å². The van der Waals surface area contributed by atoms with Crippen LogP contribution in [0.4, 0.5) is 5.69 Å². The van der Waals surface area contributed by atoms with Crippen LogP contribution in [0, 0.1) is 0 Å². The van der Waals surface area contributed by atoms with Gasteiger partial charge >= 0.3 is 0 Å². The predicted molar refractivity (Wildman–Crippen MR) is 93.4 cm³/mol. The van der Waals surface area contributed by atoms with Crippen molar-refractivity contribution in [2.45, 2.75) is 6.54 Å². The Morgan fingerprint density at radius 3 is 2.50 bits per heavy atom. The number of nitrogens with zero attached hydrogens (tertiary/aromatic N) is 4. The van der Waals surface area contributed by atoms with Crippen molar-refractivity contribution in [2.24, 2.45) is 0 Å². The van der Waals surface area contributed by atoms with Crippen LogP contribution < -0.4 is 5.32 Å². The second-order valence-electron chi connectivity index (χ2n) is 4.83. The maximum absolute atomic E-state index is 12.1. The maximum atomic E-state index is 12.1. The maximum Gasteiger partial charge on any atom is 0.248 e. The number of anilines is 1. The highest BCUT2D eigenvalue weighted by Gasteiger charge is 2.12. The molecule has 0 atom stereocenters. The summed E-state index contributed by atoms with van der Waals surface area (Å²) in [6, 6.07) is 11.9. The number of hydrogen-bond acceptors (Lipinski definition) is 4. The van der Waals surface area contributed by atoms with E-state index in [1.807, 2.05) is 6.07 Å². The van der Waals surface area contributed by atoms with Gasteiger partial charge in [-0.3, -0.25) is 4.79 Å². The van der Waals surface area contributed by atoms with Crippen LogP contribution in [0.25, 0.3) is 11.4 Å². The summed E-state index contributed by atoms with van der Waals surface area (Å²) in [5.41, 5.74) is 1.14. The van der Waals surface area contributed by atoms with Crippen molar-refractivity contribution in [1.82, 2.24) is 20.2 Å². The van der Waals surface area contributed by atoms with Crippen LogP contribution in [0.5, 0.6) is 0 Å². The van der Waals surface area contributed by atoms with Gasteiger partial charge in [0.2, 0.25) is 11.7 Å². The third-order valence-corrected chi connectivity index (χ3v) is 3.76. The SMILES string of the molecule is O=C(Cn1nnc(-c2ccccc2Cl)n1)Nc1cc(Cl)cc(Cl)c1. The van der Waals surface area contributed by atoms with Crippen LogP contribution in [0.2, 0.25) is 15.1 Å². The minimum absolute atomic E-state index is 0.110. The molecule has 0 aliphatic carbocycles. The van der Waals surface area contributed by atoms with Crippen molar-refractivity contribution in [3.05, 3.63) is 57.5 Å². The van der Waals surface area contributed by atoms with E-state index in [2.05, 4.69) is 20.7 Å². The predicted octanol–water partition coefficient (Wildman–Crippen LogP) is 3.94. The molecule has 24 heavy (non-hydrogen) atoms. The molecule has 1 heterocycles. The molecule has 122 valence electrons. The van der Waals surface area contributed by atoms with Gasteiger partial charge in [-0.1, -0.05) is 46.9 Å². The lowest BCUT2D eigenvalue weighted by Crippen LogP contribution is -2.20. The van der Waals surface area contributed by atoms with Crippen LogP contribution in [0.3, 0.4) is 0 Å². The summed E-state index contributed by atoms with van der Waals surface area (Å²) in [6.07, 6.45) is 0. The molecule has 0 aliphatic heterocycles. The molecule has 9 heteroatoms. The van der Waals surface area contributed by atoms with Gasteiger partial charge in [0.05, 0.1) is 5.02 Å². The first-order valence-electron chi connectivity index (χ1n) is 6.80. The topological polar surface area (TPSA) is 72.7 Å². The zero-order valence-corrected chi connectivity index (χ0v) is 14.3. The van der Waals surface area contributed by atoms with Crippen LogP contribution in [0.1, 0.15) is 0 Å². The van der Waals surface area contributed by atoms with E-state index in [4.69, 9.17) is 34.8 Å². The van der Waals surface area contributed by atoms with Gasteiger partial charge in [-0.2, -0.15) is 4.80 Å². The molecule has 0 saturated carbocycles. The molecule has 3 rings (SSSR count). The summed E-state index contributed by atoms with van der Waals surface area (Å²) < 4.78 is 0. The number of carbonyl (C=O) groups excluding carboxylic acids is 1. The second-order valence-corrected chi connectivity index (χ2v) is 6.11. The molecular weight excluding hydrogens is 373 g/mol. The molecule has 0 bridgehead atoms. The Kier molecular flexibility index (Phi) is 4.99. The van der Waals surface area contributed by atoms with Crippen LogP contribution in [-0.4, -0.2) is 26.1 Å². The number of nitrogens with one attached hydrogen (secondary N) is 1. The molecule has 0 fully saturated rings. The fourth-order valence-electron chi connectivity index (χ4n) is 2.02. The molecule has 1 aromatic heterocycles. The van der Waals surface area contributed by atoms with E-state index in [1.165, 1.54) is 4.80 Å². The van der Waals surface area contributed by atoms with Gasteiger partial charge in [0.25, 0.3) is 0 Å². The zero-order chi connectivity index (χ0) is 17.1. The molecule has 0 spiro atoms. The smallest absolute Gasteiger partial charge is 0.248 e. The van der Waals surface area contributed by atoms with E-state index in [1.54, 1.807) is 36.4 Å². The van der Waals surface area contributed by atoms with Crippen LogP contribution in [-0.2, 0) is 11.3 Å². The Labute approximate surface area is 152 Å². The number of hydrogen-bond donors (Lipinski definition) is 1. The largest absolute Gasteiger partial charge is 0.324 e. The minimum Gasteiger partial charge on any atom is -0.324 e. The first kappa shape index (κ1) is 16.7. The van der Waals surface area contributed by atoms with Crippen molar-refractivity contribution in [3.8, 4) is 11.4 Å². The Balaban J connectivity index is 1.70. The molecule has 3 aromatic rings. The Morgan fingerprint density at radius 2 is 1.79 bits per heavy atom. The van der Waals surface area contributed by atoms with E-state index < -0.39 is 0 Å². The third kappa shape index (κ3) is 4.03. The van der Waals surface area contributed by atoms with Crippen molar-refractivity contribution in [3.63, 3.8) is 0 Å². The standard InChI is InChI=1S/C15H10Cl3N5O/c16-9-5-10(17)7-11(6-9)19-14(24)8-23-21-15(20-22-23)12-3-1-2-4-13(12)18/h1-7H,8H2,(H,19,24). The van der Waals surface area contributed by atoms with Gasteiger partial charge in [0.1, 0.15) is 6.54 Å². The highest BCUT2D eigenvalue weighted by molar-refractivity contribution is 6.35. The fraction of sp³-hybridized carbons (Fsp3) is 0.0667. The molecular formula is C15H10Cl3N5O. The molecule has 0 radical (unpaired) electrons. The van der Waals surface area contributed by atoms with E-state index in [-0.39, 0.29) is 12.5 Å². The number of benzene rings is 2. The lowest BCUT2D eigenvalue weighted by Gasteiger charge is -2.05. The van der Waals surface area contributed by atoms with Gasteiger partial charge in [-0.25, -0.2) is 0 Å². The average Bonchev–Trinajstić information content (AvgIpc) is 2.94. The number of carbonyl (C=O) groups is 1. The lowest BCUT2D eigenvalue weighted by atomic mass is 10.2. The third-order valence-electron chi connectivity index (χ3n) is 3.00. The van der Waals surface area contributed by atoms with Crippen molar-refractivity contribution in [1.29, 1.82) is 0 Å². The molecule has 1 N–H and O–H groups in total. The Bertz CT molecular complexity index is 876. The summed E-state index contributed by atoms with van der Waals surface area (Å²) in [7, 11) is 0. The molecule has 0 unspecified atom stereocenters. The van der Waals surface area contributed by atoms with E-state index >= 15 is 0 Å². The lowest BCUT2D eigenvalue weighted by molar-refractivity contribution is -0.117. The fourth-order valence-corrected chi connectivity index (χ4v) is 2.76. The first-order chi connectivity index (χ1) is 11.5. The van der Waals surface area contributed by atoms with Gasteiger partial charge in [-0.05, 0) is 35.5 Å². The second kappa shape index (κ2) is 7.17. The van der Waals surface area contributed by atoms with Crippen LogP contribution in [0.15, 0.2) is 42.5 Å². The summed E-state index contributed by atoms with van der Waals surface area (Å²) in [6.45, 7) is -0.110. The van der Waals surface area contributed by atoms with Gasteiger partial charge in [0.15, 0.2) is 0 Å². The molecule has 2 aromatic carbocycles. The van der Waals surface area contributed by atoms with Crippen LogP contribution >= 0.6 is 34.8 Å². The highest BCUT2D eigenvalue weighted by atomic mass is 35.5. The Morgan fingerprint density at radius 1 is 1.08 bits per heavy atom. The van der Waals surface area contributed by atoms with E-state index in [0.717, 1.165) is 0 Å². The van der Waals surface area contributed by atoms with Gasteiger partial charge in [0, 0.05) is 21.3 Å². The molecule has 0 aliphatic rings. The zero-order valence-electron chi connectivity index (χ0n) is 12.1. The van der Waals surface area contributed by atoms with Crippen molar-refractivity contribution >= 4 is 46.4 Å². The number of tetrazole rings is 1. The number of halogens is 3. The Hall–Kier alpha value is -2.15. The summed E-state index contributed by atoms with van der Waals surface area (Å²) >= 11 is 17.9. The first-order valence-corrected chi connectivity index (χ1v) is 7.93. The quantitative estimate of drug-likeness (QED) is 0.742. The number of aromatic nitrogens is 4. The summed E-state index contributed by atoms with van der Waals surface area (Å²) in [4.78, 5) is 13.2. The van der Waals surface area contributed by atoms with Crippen molar-refractivity contribution in [2.75, 3.05) is 5.32 Å².